The lowest BCUT2D eigenvalue weighted by Gasteiger charge is -2.12. The molecule has 0 N–H and O–H groups in total. The predicted molar refractivity (Wildman–Crippen MR) is 48.5 cm³/mol. The van der Waals surface area contributed by atoms with Crippen molar-refractivity contribution in [3.8, 4) is 0 Å². The molecule has 1 unspecified atom stereocenters. The van der Waals surface area contributed by atoms with Gasteiger partial charge in [-0.1, -0.05) is 19.8 Å². The molecule has 0 aliphatic carbocycles. The van der Waals surface area contributed by atoms with Crippen LogP contribution >= 0.6 is 0 Å². The molecule has 1 heterocycles. The Hall–Kier alpha value is -0.130. The third kappa shape index (κ3) is 4.06. The van der Waals surface area contributed by atoms with E-state index in [0.29, 0.717) is 6.42 Å². The second-order valence-corrected chi connectivity index (χ2v) is 4.45. The summed E-state index contributed by atoms with van der Waals surface area (Å²) in [4.78, 5) is 0. The normalized spacial score (nSPS) is 30.1. The van der Waals surface area contributed by atoms with Gasteiger partial charge >= 0.3 is 10.4 Å². The van der Waals surface area contributed by atoms with Gasteiger partial charge < -0.3 is 0 Å². The van der Waals surface area contributed by atoms with Crippen molar-refractivity contribution >= 4 is 10.4 Å². The molecule has 0 amide bonds. The molecule has 78 valence electrons. The van der Waals surface area contributed by atoms with Crippen molar-refractivity contribution in [1.82, 2.24) is 0 Å². The Morgan fingerprint density at radius 3 is 2.77 bits per heavy atom. The van der Waals surface area contributed by atoms with E-state index in [1.54, 1.807) is 0 Å². The molecule has 1 aliphatic rings. The molecule has 1 rings (SSSR count). The van der Waals surface area contributed by atoms with Gasteiger partial charge in [-0.05, 0) is 19.3 Å². The van der Waals surface area contributed by atoms with Crippen molar-refractivity contribution < 1.29 is 16.8 Å². The Morgan fingerprint density at radius 1 is 1.31 bits per heavy atom. The highest BCUT2D eigenvalue weighted by Gasteiger charge is 2.20. The van der Waals surface area contributed by atoms with E-state index in [1.807, 2.05) is 6.92 Å². The summed E-state index contributed by atoms with van der Waals surface area (Å²) >= 11 is 0. The monoisotopic (exact) mass is 208 g/mol. The van der Waals surface area contributed by atoms with Gasteiger partial charge in [0.25, 0.3) is 0 Å². The fourth-order valence-corrected chi connectivity index (χ4v) is 2.27. The molecule has 0 saturated carbocycles. The molecular formula is C8H16O4S. The summed E-state index contributed by atoms with van der Waals surface area (Å²) in [6, 6.07) is 0. The van der Waals surface area contributed by atoms with E-state index in [-0.39, 0.29) is 12.7 Å². The zero-order valence-electron chi connectivity index (χ0n) is 7.86. The van der Waals surface area contributed by atoms with Crippen LogP contribution in [0.4, 0.5) is 0 Å². The van der Waals surface area contributed by atoms with Gasteiger partial charge in [-0.15, -0.1) is 0 Å². The zero-order valence-corrected chi connectivity index (χ0v) is 8.68. The van der Waals surface area contributed by atoms with Crippen molar-refractivity contribution in [3.63, 3.8) is 0 Å². The summed E-state index contributed by atoms with van der Waals surface area (Å²) in [7, 11) is -3.73. The zero-order chi connectivity index (χ0) is 9.73. The summed E-state index contributed by atoms with van der Waals surface area (Å²) in [5.74, 6) is 0. The molecule has 1 atom stereocenters. The summed E-state index contributed by atoms with van der Waals surface area (Å²) in [5, 5.41) is 0. The van der Waals surface area contributed by atoms with Crippen LogP contribution in [0.3, 0.4) is 0 Å². The molecule has 1 aliphatic heterocycles. The van der Waals surface area contributed by atoms with Crippen LogP contribution in [-0.4, -0.2) is 21.1 Å². The molecule has 1 fully saturated rings. The van der Waals surface area contributed by atoms with Crippen molar-refractivity contribution in [2.24, 2.45) is 0 Å². The van der Waals surface area contributed by atoms with Crippen LogP contribution in [0, 0.1) is 0 Å². The van der Waals surface area contributed by atoms with Gasteiger partial charge in [0.15, 0.2) is 0 Å². The van der Waals surface area contributed by atoms with Crippen LogP contribution < -0.4 is 0 Å². The van der Waals surface area contributed by atoms with E-state index in [4.69, 9.17) is 4.18 Å². The van der Waals surface area contributed by atoms with E-state index < -0.39 is 10.4 Å². The van der Waals surface area contributed by atoms with Crippen LogP contribution in [0.25, 0.3) is 0 Å². The van der Waals surface area contributed by atoms with E-state index >= 15 is 0 Å². The van der Waals surface area contributed by atoms with Crippen molar-refractivity contribution in [2.45, 2.75) is 45.1 Å². The van der Waals surface area contributed by atoms with Crippen LogP contribution in [0.1, 0.15) is 39.0 Å². The van der Waals surface area contributed by atoms with E-state index in [1.165, 1.54) is 0 Å². The quantitative estimate of drug-likeness (QED) is 0.657. The average Bonchev–Trinajstić information content (AvgIpc) is 2.15. The lowest BCUT2D eigenvalue weighted by Crippen LogP contribution is -2.18. The minimum absolute atomic E-state index is 0.205. The number of hydrogen-bond donors (Lipinski definition) is 0. The van der Waals surface area contributed by atoms with Gasteiger partial charge in [-0.3, -0.25) is 0 Å². The maximum Gasteiger partial charge on any atom is 0.400 e. The molecule has 0 radical (unpaired) electrons. The topological polar surface area (TPSA) is 52.6 Å². The van der Waals surface area contributed by atoms with Gasteiger partial charge in [-0.25, -0.2) is 8.37 Å². The van der Waals surface area contributed by atoms with Gasteiger partial charge in [-0.2, -0.15) is 8.42 Å². The van der Waals surface area contributed by atoms with Crippen LogP contribution in [0.15, 0.2) is 0 Å². The first-order chi connectivity index (χ1) is 6.14. The van der Waals surface area contributed by atoms with Crippen LogP contribution in [-0.2, 0) is 18.8 Å². The summed E-state index contributed by atoms with van der Waals surface area (Å²) in [6.45, 7) is 2.16. The smallest absolute Gasteiger partial charge is 0.248 e. The van der Waals surface area contributed by atoms with E-state index in [9.17, 15) is 8.42 Å². The third-order valence-electron chi connectivity index (χ3n) is 2.11. The highest BCUT2D eigenvalue weighted by atomic mass is 32.3. The molecule has 1 saturated heterocycles. The standard InChI is InChI=1S/C8H16O4S/c1-2-8-6-4-3-5-7-11-13(9,10)12-8/h8H,2-7H2,1H3. The molecule has 0 aromatic heterocycles. The molecule has 0 bridgehead atoms. The first-order valence-corrected chi connectivity index (χ1v) is 6.05. The molecule has 0 spiro atoms. The first-order valence-electron chi connectivity index (χ1n) is 4.71. The highest BCUT2D eigenvalue weighted by molar-refractivity contribution is 7.81. The lowest BCUT2D eigenvalue weighted by atomic mass is 10.1. The fourth-order valence-electron chi connectivity index (χ4n) is 1.33. The second-order valence-electron chi connectivity index (χ2n) is 3.21. The summed E-state index contributed by atoms with van der Waals surface area (Å²) < 4.78 is 31.7. The maximum atomic E-state index is 11.1. The highest BCUT2D eigenvalue weighted by Crippen LogP contribution is 2.16. The SMILES string of the molecule is CCC1CCCCCOS(=O)(=O)O1. The molecule has 13 heavy (non-hydrogen) atoms. The minimum atomic E-state index is -3.73. The Kier molecular flexibility index (Phi) is 4.15. The van der Waals surface area contributed by atoms with E-state index in [0.717, 1.165) is 25.7 Å². The van der Waals surface area contributed by atoms with Crippen LogP contribution in [0.2, 0.25) is 0 Å². The van der Waals surface area contributed by atoms with Crippen LogP contribution in [0.5, 0.6) is 0 Å². The first kappa shape index (κ1) is 10.9. The van der Waals surface area contributed by atoms with Gasteiger partial charge in [0.05, 0.1) is 12.7 Å². The van der Waals surface area contributed by atoms with E-state index in [2.05, 4.69) is 4.18 Å². The average molecular weight is 208 g/mol. The second kappa shape index (κ2) is 4.93. The third-order valence-corrected chi connectivity index (χ3v) is 3.07. The Balaban J connectivity index is 2.58. The fraction of sp³-hybridized carbons (Fsp3) is 1.00. The van der Waals surface area contributed by atoms with Crippen molar-refractivity contribution in [1.29, 1.82) is 0 Å². The minimum Gasteiger partial charge on any atom is -0.248 e. The molecule has 4 nitrogen and oxygen atoms in total. The largest absolute Gasteiger partial charge is 0.400 e. The number of hydrogen-bond acceptors (Lipinski definition) is 4. The van der Waals surface area contributed by atoms with Gasteiger partial charge in [0, 0.05) is 0 Å². The lowest BCUT2D eigenvalue weighted by molar-refractivity contribution is 0.153. The summed E-state index contributed by atoms with van der Waals surface area (Å²) in [6.07, 6.45) is 4.12. The number of rotatable bonds is 1. The maximum absolute atomic E-state index is 11.1. The molecular weight excluding hydrogens is 192 g/mol. The van der Waals surface area contributed by atoms with Gasteiger partial charge in [0.1, 0.15) is 0 Å². The Bertz CT molecular complexity index is 235. The Labute approximate surface area is 79.6 Å². The molecule has 0 aromatic rings. The Morgan fingerprint density at radius 2 is 2.08 bits per heavy atom. The van der Waals surface area contributed by atoms with Gasteiger partial charge in [0.2, 0.25) is 0 Å². The van der Waals surface area contributed by atoms with Crippen molar-refractivity contribution in [3.05, 3.63) is 0 Å². The molecule has 0 aromatic carbocycles. The molecule has 5 heteroatoms. The van der Waals surface area contributed by atoms with Crippen molar-refractivity contribution in [2.75, 3.05) is 6.61 Å². The predicted octanol–water partition coefficient (Wildman–Crippen LogP) is 1.62. The summed E-state index contributed by atoms with van der Waals surface area (Å²) in [5.41, 5.74) is 0.